The van der Waals surface area contributed by atoms with Crippen molar-refractivity contribution in [2.24, 2.45) is 0 Å². The van der Waals surface area contributed by atoms with Crippen LogP contribution in [-0.4, -0.2) is 27.1 Å². The Bertz CT molecular complexity index is 1110. The molecule has 4 nitrogen and oxygen atoms in total. The van der Waals surface area contributed by atoms with Gasteiger partial charge in [-0.25, -0.2) is 4.68 Å². The third-order valence-electron chi connectivity index (χ3n) is 5.23. The fraction of sp³-hybridized carbons (Fsp3) is 0.182. The highest BCUT2D eigenvalue weighted by molar-refractivity contribution is 7.10. The van der Waals surface area contributed by atoms with Gasteiger partial charge < -0.3 is 4.90 Å². The monoisotopic (exact) mass is 405 g/mol. The van der Waals surface area contributed by atoms with Crippen molar-refractivity contribution in [2.45, 2.75) is 19.4 Å². The molecule has 6 heteroatoms. The SMILES string of the molecule is Cc1ccnn1-c1ccc(C(=O)N2CCc3sccc3C2c2cccs2)cc1. The van der Waals surface area contributed by atoms with Gasteiger partial charge in [0.05, 0.1) is 11.7 Å². The van der Waals surface area contributed by atoms with Crippen LogP contribution in [0.5, 0.6) is 0 Å². The maximum absolute atomic E-state index is 13.4. The minimum Gasteiger partial charge on any atom is -0.326 e. The number of aryl methyl sites for hydroxylation is 1. The molecule has 1 atom stereocenters. The number of rotatable bonds is 3. The zero-order chi connectivity index (χ0) is 19.1. The molecule has 0 aliphatic carbocycles. The standard InChI is InChI=1S/C22H19N3OS2/c1-15-8-11-23-25(15)17-6-4-16(5-7-17)22(26)24-12-9-19-18(10-14-28-19)21(24)20-3-2-13-27-20/h2-8,10-11,13-14,21H,9,12H2,1H3. The fourth-order valence-corrected chi connectivity index (χ4v) is 5.60. The molecule has 4 aromatic rings. The number of benzene rings is 1. The lowest BCUT2D eigenvalue weighted by molar-refractivity contribution is 0.0699. The number of amides is 1. The summed E-state index contributed by atoms with van der Waals surface area (Å²) in [6.45, 7) is 2.76. The Morgan fingerprint density at radius 3 is 2.64 bits per heavy atom. The van der Waals surface area contributed by atoms with E-state index >= 15 is 0 Å². The summed E-state index contributed by atoms with van der Waals surface area (Å²) in [4.78, 5) is 18.1. The van der Waals surface area contributed by atoms with E-state index in [-0.39, 0.29) is 11.9 Å². The van der Waals surface area contributed by atoms with Gasteiger partial charge in [-0.15, -0.1) is 22.7 Å². The zero-order valence-corrected chi connectivity index (χ0v) is 17.0. The van der Waals surface area contributed by atoms with E-state index in [9.17, 15) is 4.79 Å². The molecule has 0 bridgehead atoms. The van der Waals surface area contributed by atoms with Crippen LogP contribution in [0, 0.1) is 6.92 Å². The second-order valence-corrected chi connectivity index (χ2v) is 8.88. The minimum absolute atomic E-state index is 0.00976. The molecule has 4 heterocycles. The first-order valence-electron chi connectivity index (χ1n) is 9.24. The summed E-state index contributed by atoms with van der Waals surface area (Å²) in [7, 11) is 0. The summed E-state index contributed by atoms with van der Waals surface area (Å²) < 4.78 is 1.88. The molecule has 0 saturated heterocycles. The van der Waals surface area contributed by atoms with E-state index in [1.807, 2.05) is 46.8 Å². The molecule has 1 aliphatic rings. The quantitative estimate of drug-likeness (QED) is 0.476. The van der Waals surface area contributed by atoms with Crippen LogP contribution in [0.25, 0.3) is 5.69 Å². The summed E-state index contributed by atoms with van der Waals surface area (Å²) >= 11 is 3.51. The van der Waals surface area contributed by atoms with Gasteiger partial charge in [0.2, 0.25) is 0 Å². The molecular weight excluding hydrogens is 386 g/mol. The van der Waals surface area contributed by atoms with E-state index in [0.717, 1.165) is 24.3 Å². The van der Waals surface area contributed by atoms with Crippen molar-refractivity contribution >= 4 is 28.6 Å². The van der Waals surface area contributed by atoms with Crippen LogP contribution in [0.1, 0.15) is 37.4 Å². The van der Waals surface area contributed by atoms with Gasteiger partial charge in [-0.3, -0.25) is 4.79 Å². The van der Waals surface area contributed by atoms with Crippen LogP contribution in [0.2, 0.25) is 0 Å². The molecule has 1 unspecified atom stereocenters. The molecule has 1 aromatic carbocycles. The smallest absolute Gasteiger partial charge is 0.254 e. The third kappa shape index (κ3) is 2.89. The van der Waals surface area contributed by atoms with Crippen molar-refractivity contribution < 1.29 is 4.79 Å². The number of fused-ring (bicyclic) bond motifs is 1. The highest BCUT2D eigenvalue weighted by atomic mass is 32.1. The molecule has 0 fully saturated rings. The summed E-state index contributed by atoms with van der Waals surface area (Å²) in [5, 5.41) is 8.56. The molecule has 3 aromatic heterocycles. The maximum atomic E-state index is 13.4. The molecule has 28 heavy (non-hydrogen) atoms. The van der Waals surface area contributed by atoms with E-state index in [0.29, 0.717) is 5.56 Å². The zero-order valence-electron chi connectivity index (χ0n) is 15.4. The first-order chi connectivity index (χ1) is 13.7. The van der Waals surface area contributed by atoms with Gasteiger partial charge in [0, 0.05) is 33.8 Å². The molecule has 1 amide bonds. The molecule has 140 valence electrons. The number of carbonyl (C=O) groups is 1. The number of aromatic nitrogens is 2. The van der Waals surface area contributed by atoms with Crippen molar-refractivity contribution in [1.29, 1.82) is 0 Å². The number of hydrogen-bond acceptors (Lipinski definition) is 4. The van der Waals surface area contributed by atoms with Gasteiger partial charge >= 0.3 is 0 Å². The molecule has 1 aliphatic heterocycles. The van der Waals surface area contributed by atoms with E-state index < -0.39 is 0 Å². The summed E-state index contributed by atoms with van der Waals surface area (Å²) in [5.41, 5.74) is 4.02. The average molecular weight is 406 g/mol. The minimum atomic E-state index is 0.00976. The predicted octanol–water partition coefficient (Wildman–Crippen LogP) is 5.09. The highest BCUT2D eigenvalue weighted by Crippen LogP contribution is 2.40. The largest absolute Gasteiger partial charge is 0.326 e. The first kappa shape index (κ1) is 17.4. The van der Waals surface area contributed by atoms with Crippen molar-refractivity contribution in [2.75, 3.05) is 6.54 Å². The van der Waals surface area contributed by atoms with Crippen molar-refractivity contribution in [3.63, 3.8) is 0 Å². The molecular formula is C22H19N3OS2. The topological polar surface area (TPSA) is 38.1 Å². The second kappa shape index (κ2) is 7.04. The number of carbonyl (C=O) groups excluding carboxylic acids is 1. The van der Waals surface area contributed by atoms with Crippen LogP contribution in [0.3, 0.4) is 0 Å². The highest BCUT2D eigenvalue weighted by Gasteiger charge is 2.33. The summed E-state index contributed by atoms with van der Waals surface area (Å²) in [6.07, 6.45) is 2.71. The van der Waals surface area contributed by atoms with Crippen molar-refractivity contribution in [1.82, 2.24) is 14.7 Å². The summed E-state index contributed by atoms with van der Waals surface area (Å²) in [6, 6.07) is 16.1. The summed E-state index contributed by atoms with van der Waals surface area (Å²) in [5.74, 6) is 0.0824. The molecule has 0 N–H and O–H groups in total. The Hall–Kier alpha value is -2.70. The van der Waals surface area contributed by atoms with Crippen LogP contribution in [0.15, 0.2) is 65.5 Å². The Kier molecular flexibility index (Phi) is 4.37. The van der Waals surface area contributed by atoms with Crippen LogP contribution < -0.4 is 0 Å². The fourth-order valence-electron chi connectivity index (χ4n) is 3.84. The van der Waals surface area contributed by atoms with Crippen LogP contribution in [0.4, 0.5) is 0 Å². The Morgan fingerprint density at radius 1 is 1.07 bits per heavy atom. The number of hydrogen-bond donors (Lipinski definition) is 0. The maximum Gasteiger partial charge on any atom is 0.254 e. The molecule has 0 saturated carbocycles. The Labute approximate surface area is 171 Å². The van der Waals surface area contributed by atoms with Crippen LogP contribution in [-0.2, 0) is 6.42 Å². The van der Waals surface area contributed by atoms with E-state index in [4.69, 9.17) is 0 Å². The van der Waals surface area contributed by atoms with Gasteiger partial charge in [-0.05, 0) is 72.1 Å². The van der Waals surface area contributed by atoms with Gasteiger partial charge in [-0.1, -0.05) is 6.07 Å². The Morgan fingerprint density at radius 2 is 1.93 bits per heavy atom. The third-order valence-corrected chi connectivity index (χ3v) is 7.15. The predicted molar refractivity (Wildman–Crippen MR) is 114 cm³/mol. The molecule has 5 rings (SSSR count). The average Bonchev–Trinajstić information content (AvgIpc) is 3.48. The van der Waals surface area contributed by atoms with Gasteiger partial charge in [0.15, 0.2) is 0 Å². The van der Waals surface area contributed by atoms with Crippen LogP contribution >= 0.6 is 22.7 Å². The first-order valence-corrected chi connectivity index (χ1v) is 11.0. The van der Waals surface area contributed by atoms with Gasteiger partial charge in [0.1, 0.15) is 0 Å². The molecule has 0 radical (unpaired) electrons. The van der Waals surface area contributed by atoms with E-state index in [2.05, 4.69) is 34.1 Å². The second-order valence-electron chi connectivity index (χ2n) is 6.90. The van der Waals surface area contributed by atoms with E-state index in [1.165, 1.54) is 15.3 Å². The normalized spacial score (nSPS) is 16.2. The lowest BCUT2D eigenvalue weighted by Crippen LogP contribution is -2.39. The molecule has 0 spiro atoms. The number of thiophene rings is 2. The van der Waals surface area contributed by atoms with Crippen molar-refractivity contribution in [3.8, 4) is 5.69 Å². The lowest BCUT2D eigenvalue weighted by atomic mass is 9.97. The number of nitrogens with zero attached hydrogens (tertiary/aromatic N) is 3. The van der Waals surface area contributed by atoms with Crippen molar-refractivity contribution in [3.05, 3.63) is 92.1 Å². The van der Waals surface area contributed by atoms with Gasteiger partial charge in [0.25, 0.3) is 5.91 Å². The lowest BCUT2D eigenvalue weighted by Gasteiger charge is -2.35. The van der Waals surface area contributed by atoms with Gasteiger partial charge in [-0.2, -0.15) is 5.10 Å². The Balaban J connectivity index is 1.48. The van der Waals surface area contributed by atoms with E-state index in [1.54, 1.807) is 28.9 Å².